The van der Waals surface area contributed by atoms with Gasteiger partial charge in [0, 0.05) is 70.0 Å². The van der Waals surface area contributed by atoms with Crippen LogP contribution in [0.2, 0.25) is 0 Å². The molecule has 0 atom stereocenters. The van der Waals surface area contributed by atoms with Crippen LogP contribution in [0.3, 0.4) is 0 Å². The van der Waals surface area contributed by atoms with E-state index in [-0.39, 0.29) is 0 Å². The molecule has 16 rings (SSSR count). The molecule has 9 nitrogen and oxygen atoms in total. The predicted molar refractivity (Wildman–Crippen MR) is 329 cm³/mol. The zero-order valence-corrected chi connectivity index (χ0v) is 43.5. The first-order valence-electron chi connectivity index (χ1n) is 27.1. The van der Waals surface area contributed by atoms with E-state index in [2.05, 4.69) is 196 Å². The number of aromatic nitrogens is 9. The zero-order chi connectivity index (χ0) is 53.4. The van der Waals surface area contributed by atoms with Crippen molar-refractivity contribution in [3.63, 3.8) is 0 Å². The molecule has 0 amide bonds. The summed E-state index contributed by atoms with van der Waals surface area (Å²) in [4.78, 5) is 29.7. The van der Waals surface area contributed by atoms with Crippen molar-refractivity contribution in [3.05, 3.63) is 274 Å². The maximum atomic E-state index is 5.13. The van der Waals surface area contributed by atoms with E-state index in [9.17, 15) is 0 Å². The van der Waals surface area contributed by atoms with Crippen LogP contribution in [0.25, 0.3) is 150 Å². The van der Waals surface area contributed by atoms with Gasteiger partial charge in [0.2, 0.25) is 0 Å². The first-order chi connectivity index (χ1) is 40.2. The van der Waals surface area contributed by atoms with Crippen molar-refractivity contribution in [2.45, 2.75) is 0 Å². The number of hydrogen-bond donors (Lipinski definition) is 0. The summed E-state index contributed by atoms with van der Waals surface area (Å²) in [5, 5.41) is 3.14. The van der Waals surface area contributed by atoms with Crippen molar-refractivity contribution in [2.24, 2.45) is 0 Å². The highest BCUT2D eigenvalue weighted by atomic mass is 15.1. The minimum Gasteiger partial charge on any atom is -0.307 e. The molecule has 9 heterocycles. The van der Waals surface area contributed by atoms with Gasteiger partial charge in [-0.3, -0.25) is 29.9 Å². The van der Waals surface area contributed by atoms with Crippen molar-refractivity contribution in [3.8, 4) is 84.2 Å². The average molecular weight is 1040 g/mol. The Morgan fingerprint density at radius 3 is 0.790 bits per heavy atom. The summed E-state index contributed by atoms with van der Waals surface area (Å²) in [6.07, 6.45) is 11.2. The van der Waals surface area contributed by atoms with Gasteiger partial charge in [0.05, 0.1) is 83.8 Å². The maximum Gasteiger partial charge on any atom is 0.0963 e. The van der Waals surface area contributed by atoms with Crippen molar-refractivity contribution in [1.82, 2.24) is 43.6 Å². The van der Waals surface area contributed by atoms with Crippen LogP contribution in [0.5, 0.6) is 0 Å². The first-order valence-corrected chi connectivity index (χ1v) is 27.1. The third-order valence-electron chi connectivity index (χ3n) is 15.8. The van der Waals surface area contributed by atoms with Gasteiger partial charge in [-0.15, -0.1) is 0 Å². The maximum absolute atomic E-state index is 5.13. The Kier molecular flexibility index (Phi) is 10.7. The molecule has 0 fully saturated rings. The number of pyridine rings is 6. The molecule has 0 unspecified atom stereocenters. The fourth-order valence-corrected chi connectivity index (χ4v) is 12.3. The van der Waals surface area contributed by atoms with Gasteiger partial charge < -0.3 is 13.7 Å². The van der Waals surface area contributed by atoms with Gasteiger partial charge in [-0.25, -0.2) is 0 Å². The van der Waals surface area contributed by atoms with Gasteiger partial charge in [-0.2, -0.15) is 0 Å². The minimum atomic E-state index is 0.913. The molecule has 0 bridgehead atoms. The van der Waals surface area contributed by atoms with E-state index < -0.39 is 0 Å². The summed E-state index contributed by atoms with van der Waals surface area (Å²) in [6.45, 7) is 0. The largest absolute Gasteiger partial charge is 0.307 e. The molecular weight excluding hydrogens is 991 g/mol. The lowest BCUT2D eigenvalue weighted by Crippen LogP contribution is -2.03. The molecule has 7 aromatic carbocycles. The lowest BCUT2D eigenvalue weighted by Gasteiger charge is -2.17. The van der Waals surface area contributed by atoms with Crippen molar-refractivity contribution < 1.29 is 0 Å². The molecule has 0 saturated carbocycles. The summed E-state index contributed by atoms with van der Waals surface area (Å²) in [7, 11) is 0. The van der Waals surface area contributed by atoms with Gasteiger partial charge in [-0.05, 0) is 161 Å². The third kappa shape index (κ3) is 7.55. The lowest BCUT2D eigenvalue weighted by molar-refractivity contribution is 1.09. The molecule has 378 valence electrons. The number of benzene rings is 7. The molecule has 0 saturated heterocycles. The van der Waals surface area contributed by atoms with Crippen LogP contribution < -0.4 is 0 Å². The number of fused-ring (bicyclic) bond motifs is 9. The second kappa shape index (κ2) is 18.8. The summed E-state index contributed by atoms with van der Waals surface area (Å²) in [6, 6.07) is 83.6. The molecule has 81 heavy (non-hydrogen) atoms. The fraction of sp³-hybridized carbons (Fsp3) is 0. The highest BCUT2D eigenvalue weighted by molar-refractivity contribution is 6.12. The second-order valence-corrected chi connectivity index (χ2v) is 20.3. The Labute approximate surface area is 465 Å². The van der Waals surface area contributed by atoms with Crippen LogP contribution in [-0.2, 0) is 0 Å². The molecular formula is C72H45N9. The topological polar surface area (TPSA) is 92.1 Å². The van der Waals surface area contributed by atoms with Crippen LogP contribution in [0.1, 0.15) is 0 Å². The summed E-state index contributed by atoms with van der Waals surface area (Å²) in [5.74, 6) is 0. The van der Waals surface area contributed by atoms with Crippen LogP contribution in [0, 0.1) is 0 Å². The molecule has 0 aliphatic carbocycles. The number of nitrogens with zero attached hydrogens (tertiary/aromatic N) is 9. The van der Waals surface area contributed by atoms with Crippen molar-refractivity contribution >= 4 is 65.8 Å². The van der Waals surface area contributed by atoms with E-state index in [4.69, 9.17) is 29.9 Å². The van der Waals surface area contributed by atoms with Crippen molar-refractivity contribution in [2.75, 3.05) is 0 Å². The first kappa shape index (κ1) is 46.0. The second-order valence-electron chi connectivity index (χ2n) is 20.3. The SMILES string of the molecule is c1ccc(-c2ccccc2-c2ccc3c(c2)c2ncccc2n3-c2cc(-n3c4ccc(-c5ccccc5-c5ccccn5)cc4c4ncccc43)cc(-n3c4ccc(-c5ccccc5-c5ccccn5)cc4c4ncccc43)c2)nc1. The highest BCUT2D eigenvalue weighted by Gasteiger charge is 2.23. The number of rotatable bonds is 9. The Morgan fingerprint density at radius 1 is 0.210 bits per heavy atom. The van der Waals surface area contributed by atoms with Gasteiger partial charge >= 0.3 is 0 Å². The van der Waals surface area contributed by atoms with Crippen molar-refractivity contribution in [1.29, 1.82) is 0 Å². The van der Waals surface area contributed by atoms with Gasteiger partial charge in [0.1, 0.15) is 0 Å². The smallest absolute Gasteiger partial charge is 0.0963 e. The van der Waals surface area contributed by atoms with E-state index >= 15 is 0 Å². The summed E-state index contributed by atoms with van der Waals surface area (Å²) < 4.78 is 7.12. The molecule has 16 aromatic rings. The van der Waals surface area contributed by atoms with Crippen LogP contribution in [0.4, 0.5) is 0 Å². The van der Waals surface area contributed by atoms with E-state index in [0.717, 1.165) is 150 Å². The zero-order valence-electron chi connectivity index (χ0n) is 43.5. The average Bonchev–Trinajstić information content (AvgIpc) is 3.99. The van der Waals surface area contributed by atoms with E-state index in [1.54, 1.807) is 0 Å². The van der Waals surface area contributed by atoms with Gasteiger partial charge in [-0.1, -0.05) is 109 Å². The summed E-state index contributed by atoms with van der Waals surface area (Å²) in [5.41, 5.74) is 24.3. The van der Waals surface area contributed by atoms with E-state index in [1.807, 2.05) is 91.8 Å². The normalized spacial score (nSPS) is 11.7. The Hall–Kier alpha value is -11.2. The molecule has 9 aromatic heterocycles. The number of hydrogen-bond acceptors (Lipinski definition) is 6. The predicted octanol–water partition coefficient (Wildman–Crippen LogP) is 17.3. The molecule has 0 spiro atoms. The summed E-state index contributed by atoms with van der Waals surface area (Å²) >= 11 is 0. The molecule has 9 heteroatoms. The standard InChI is InChI=1S/C72H45N9/c1-4-19-55(61-22-7-10-34-73-61)52(16-1)46-28-31-64-58(40-46)70-67(25-13-37-76-70)79(64)49-43-50(80-65-32-29-47(41-59(65)71-68(80)26-14-38-77-71)53-17-2-5-20-56(53)62-23-8-11-35-74-62)45-51(44-49)81-66-33-30-48(42-60(66)72-69(81)27-15-39-78-72)54-18-3-6-21-57(54)63-24-9-12-36-75-63/h1-45H. The van der Waals surface area contributed by atoms with Crippen LogP contribution >= 0.6 is 0 Å². The molecule has 0 N–H and O–H groups in total. The van der Waals surface area contributed by atoms with Crippen LogP contribution in [0.15, 0.2) is 274 Å². The Morgan fingerprint density at radius 2 is 0.494 bits per heavy atom. The molecule has 0 aliphatic rings. The molecule has 0 aliphatic heterocycles. The quantitative estimate of drug-likeness (QED) is 0.143. The highest BCUT2D eigenvalue weighted by Crippen LogP contribution is 2.43. The van der Waals surface area contributed by atoms with Gasteiger partial charge in [0.25, 0.3) is 0 Å². The fourth-order valence-electron chi connectivity index (χ4n) is 12.3. The lowest BCUT2D eigenvalue weighted by atomic mass is 9.96. The monoisotopic (exact) mass is 1040 g/mol. The van der Waals surface area contributed by atoms with E-state index in [1.165, 1.54) is 0 Å². The molecule has 0 radical (unpaired) electrons. The minimum absolute atomic E-state index is 0.913. The Balaban J connectivity index is 0.949. The van der Waals surface area contributed by atoms with Crippen LogP contribution in [-0.4, -0.2) is 43.6 Å². The third-order valence-corrected chi connectivity index (χ3v) is 15.8. The van der Waals surface area contributed by atoms with Gasteiger partial charge in [0.15, 0.2) is 0 Å². The van der Waals surface area contributed by atoms with E-state index in [0.29, 0.717) is 0 Å². The Bertz CT molecular complexity index is 4600.